The second-order valence-electron chi connectivity index (χ2n) is 3.42. The SMILES string of the molecule is O=C(O)c1ccc(NC(=O)c2cnc[nH]2)c(Cl)c1. The van der Waals surface area contributed by atoms with E-state index in [9.17, 15) is 9.59 Å². The number of carboxylic acid groups (broad SMARTS) is 1. The van der Waals surface area contributed by atoms with Crippen molar-refractivity contribution in [3.8, 4) is 0 Å². The molecule has 2 rings (SSSR count). The molecule has 0 aliphatic carbocycles. The Bertz CT molecular complexity index is 596. The molecule has 18 heavy (non-hydrogen) atoms. The number of imidazole rings is 1. The van der Waals surface area contributed by atoms with Crippen molar-refractivity contribution in [1.82, 2.24) is 9.97 Å². The van der Waals surface area contributed by atoms with Crippen LogP contribution in [0.4, 0.5) is 5.69 Å². The van der Waals surface area contributed by atoms with E-state index in [4.69, 9.17) is 16.7 Å². The molecule has 1 aromatic carbocycles. The molecule has 0 radical (unpaired) electrons. The first-order valence-corrected chi connectivity index (χ1v) is 5.28. The molecular weight excluding hydrogens is 258 g/mol. The molecule has 0 aliphatic rings. The zero-order valence-electron chi connectivity index (χ0n) is 8.98. The van der Waals surface area contributed by atoms with Crippen molar-refractivity contribution in [2.75, 3.05) is 5.32 Å². The first-order valence-electron chi connectivity index (χ1n) is 4.90. The molecule has 0 unspecified atom stereocenters. The summed E-state index contributed by atoms with van der Waals surface area (Å²) in [4.78, 5) is 28.8. The molecule has 3 N–H and O–H groups in total. The Morgan fingerprint density at radius 3 is 2.72 bits per heavy atom. The first-order chi connectivity index (χ1) is 8.58. The van der Waals surface area contributed by atoms with Gasteiger partial charge in [-0.25, -0.2) is 9.78 Å². The maximum absolute atomic E-state index is 11.7. The van der Waals surface area contributed by atoms with Gasteiger partial charge in [-0.3, -0.25) is 4.79 Å². The van der Waals surface area contributed by atoms with Crippen molar-refractivity contribution in [2.45, 2.75) is 0 Å². The molecule has 0 saturated carbocycles. The van der Waals surface area contributed by atoms with Crippen LogP contribution in [-0.2, 0) is 0 Å². The summed E-state index contributed by atoms with van der Waals surface area (Å²) in [7, 11) is 0. The van der Waals surface area contributed by atoms with Crippen LogP contribution in [0.25, 0.3) is 0 Å². The number of hydrogen-bond donors (Lipinski definition) is 3. The third-order valence-corrected chi connectivity index (χ3v) is 2.52. The fourth-order valence-corrected chi connectivity index (χ4v) is 1.55. The molecule has 6 nitrogen and oxygen atoms in total. The van der Waals surface area contributed by atoms with Gasteiger partial charge in [-0.1, -0.05) is 11.6 Å². The van der Waals surface area contributed by atoms with Gasteiger partial charge in [0.05, 0.1) is 28.8 Å². The Morgan fingerprint density at radius 1 is 1.39 bits per heavy atom. The lowest BCUT2D eigenvalue weighted by Crippen LogP contribution is -2.12. The topological polar surface area (TPSA) is 95.1 Å². The van der Waals surface area contributed by atoms with E-state index in [1.54, 1.807) is 0 Å². The van der Waals surface area contributed by atoms with Crippen LogP contribution >= 0.6 is 11.6 Å². The fourth-order valence-electron chi connectivity index (χ4n) is 1.32. The highest BCUT2D eigenvalue weighted by atomic mass is 35.5. The van der Waals surface area contributed by atoms with E-state index in [1.807, 2.05) is 0 Å². The van der Waals surface area contributed by atoms with Crippen molar-refractivity contribution < 1.29 is 14.7 Å². The molecule has 92 valence electrons. The lowest BCUT2D eigenvalue weighted by Gasteiger charge is -2.06. The van der Waals surface area contributed by atoms with E-state index < -0.39 is 11.9 Å². The number of carboxylic acids is 1. The smallest absolute Gasteiger partial charge is 0.335 e. The molecule has 0 spiro atoms. The summed E-state index contributed by atoms with van der Waals surface area (Å²) < 4.78 is 0. The Kier molecular flexibility index (Phi) is 3.29. The second kappa shape index (κ2) is 4.89. The molecule has 1 heterocycles. The highest BCUT2D eigenvalue weighted by Gasteiger charge is 2.11. The number of benzene rings is 1. The first kappa shape index (κ1) is 12.1. The predicted molar refractivity (Wildman–Crippen MR) is 65.0 cm³/mol. The van der Waals surface area contributed by atoms with E-state index in [1.165, 1.54) is 30.7 Å². The van der Waals surface area contributed by atoms with Gasteiger partial charge in [-0.15, -0.1) is 0 Å². The maximum Gasteiger partial charge on any atom is 0.335 e. The van der Waals surface area contributed by atoms with Gasteiger partial charge < -0.3 is 15.4 Å². The summed E-state index contributed by atoms with van der Waals surface area (Å²) in [5.74, 6) is -1.49. The van der Waals surface area contributed by atoms with Crippen molar-refractivity contribution in [3.05, 3.63) is 47.0 Å². The number of aromatic nitrogens is 2. The van der Waals surface area contributed by atoms with Crippen LogP contribution in [0.1, 0.15) is 20.8 Å². The molecule has 0 saturated heterocycles. The Morgan fingerprint density at radius 2 is 2.17 bits per heavy atom. The number of aromatic amines is 1. The van der Waals surface area contributed by atoms with Crippen molar-refractivity contribution in [1.29, 1.82) is 0 Å². The van der Waals surface area contributed by atoms with E-state index in [2.05, 4.69) is 15.3 Å². The van der Waals surface area contributed by atoms with Gasteiger partial charge in [-0.2, -0.15) is 0 Å². The molecule has 0 aliphatic heterocycles. The zero-order valence-corrected chi connectivity index (χ0v) is 9.73. The second-order valence-corrected chi connectivity index (χ2v) is 3.83. The number of aromatic carboxylic acids is 1. The van der Waals surface area contributed by atoms with Crippen LogP contribution < -0.4 is 5.32 Å². The third kappa shape index (κ3) is 2.49. The molecule has 0 fully saturated rings. The fraction of sp³-hybridized carbons (Fsp3) is 0. The predicted octanol–water partition coefficient (Wildman–Crippen LogP) is 2.01. The van der Waals surface area contributed by atoms with E-state index in [0.717, 1.165) is 0 Å². The van der Waals surface area contributed by atoms with Crippen LogP contribution in [-0.4, -0.2) is 27.0 Å². The number of hydrogen-bond acceptors (Lipinski definition) is 3. The Labute approximate surface area is 107 Å². The van der Waals surface area contributed by atoms with Crippen LogP contribution in [0.2, 0.25) is 5.02 Å². The average Bonchev–Trinajstić information content (AvgIpc) is 2.85. The minimum absolute atomic E-state index is 0.0551. The number of nitrogens with one attached hydrogen (secondary N) is 2. The minimum atomic E-state index is -1.08. The van der Waals surface area contributed by atoms with Gasteiger partial charge in [0.25, 0.3) is 5.91 Å². The van der Waals surface area contributed by atoms with Gasteiger partial charge >= 0.3 is 5.97 Å². The Balaban J connectivity index is 2.20. The highest BCUT2D eigenvalue weighted by molar-refractivity contribution is 6.34. The standard InChI is InChI=1S/C11H8ClN3O3/c12-7-3-6(11(17)18)1-2-8(7)15-10(16)9-4-13-5-14-9/h1-5H,(H,13,14)(H,15,16)(H,17,18). The molecular formula is C11H8ClN3O3. The summed E-state index contributed by atoms with van der Waals surface area (Å²) in [6, 6.07) is 4.06. The summed E-state index contributed by atoms with van der Waals surface area (Å²) in [5, 5.41) is 11.5. The van der Waals surface area contributed by atoms with Gasteiger partial charge in [0.15, 0.2) is 0 Å². The largest absolute Gasteiger partial charge is 0.478 e. The Hall–Kier alpha value is -2.34. The number of H-pyrrole nitrogens is 1. The minimum Gasteiger partial charge on any atom is -0.478 e. The van der Waals surface area contributed by atoms with Gasteiger partial charge in [-0.05, 0) is 18.2 Å². The van der Waals surface area contributed by atoms with Crippen LogP contribution in [0.5, 0.6) is 0 Å². The summed E-state index contributed by atoms with van der Waals surface area (Å²) >= 11 is 5.88. The van der Waals surface area contributed by atoms with Crippen molar-refractivity contribution >= 4 is 29.2 Å². The lowest BCUT2D eigenvalue weighted by atomic mass is 10.2. The highest BCUT2D eigenvalue weighted by Crippen LogP contribution is 2.23. The normalized spacial score (nSPS) is 10.1. The number of halogens is 1. The summed E-state index contributed by atoms with van der Waals surface area (Å²) in [6.07, 6.45) is 2.75. The number of carbonyl (C=O) groups excluding carboxylic acids is 1. The molecule has 7 heteroatoms. The number of amides is 1. The zero-order chi connectivity index (χ0) is 13.1. The lowest BCUT2D eigenvalue weighted by molar-refractivity contribution is 0.0696. The van der Waals surface area contributed by atoms with Gasteiger partial charge in [0, 0.05) is 0 Å². The number of anilines is 1. The summed E-state index contributed by atoms with van der Waals surface area (Å²) in [5.41, 5.74) is 0.675. The number of nitrogens with zero attached hydrogens (tertiary/aromatic N) is 1. The average molecular weight is 266 g/mol. The van der Waals surface area contributed by atoms with Crippen molar-refractivity contribution in [2.24, 2.45) is 0 Å². The monoisotopic (exact) mass is 265 g/mol. The third-order valence-electron chi connectivity index (χ3n) is 2.21. The summed E-state index contributed by atoms with van der Waals surface area (Å²) in [6.45, 7) is 0. The molecule has 0 atom stereocenters. The van der Waals surface area contributed by atoms with E-state index in [0.29, 0.717) is 5.69 Å². The van der Waals surface area contributed by atoms with Crippen molar-refractivity contribution in [3.63, 3.8) is 0 Å². The van der Waals surface area contributed by atoms with E-state index in [-0.39, 0.29) is 16.3 Å². The number of carbonyl (C=O) groups is 2. The van der Waals surface area contributed by atoms with Crippen LogP contribution in [0, 0.1) is 0 Å². The van der Waals surface area contributed by atoms with E-state index >= 15 is 0 Å². The molecule has 1 aromatic heterocycles. The maximum atomic E-state index is 11.7. The van der Waals surface area contributed by atoms with Gasteiger partial charge in [0.1, 0.15) is 5.69 Å². The molecule has 2 aromatic rings. The molecule has 0 bridgehead atoms. The molecule has 1 amide bonds. The van der Waals surface area contributed by atoms with Crippen LogP contribution in [0.3, 0.4) is 0 Å². The van der Waals surface area contributed by atoms with Crippen LogP contribution in [0.15, 0.2) is 30.7 Å². The number of rotatable bonds is 3. The van der Waals surface area contributed by atoms with Gasteiger partial charge in [0.2, 0.25) is 0 Å². The quantitative estimate of drug-likeness (QED) is 0.791.